The quantitative estimate of drug-likeness (QED) is 0.427. The number of hydrogen-bond acceptors (Lipinski definition) is 6. The van der Waals surface area contributed by atoms with E-state index in [9.17, 15) is 13.0 Å². The number of morpholine rings is 1. The zero-order valence-corrected chi connectivity index (χ0v) is 9.62. The zero-order valence-electron chi connectivity index (χ0n) is 8.80. The normalized spacial score (nSPS) is 14.8. The topological polar surface area (TPSA) is 116 Å². The first-order chi connectivity index (χ1) is 6.97. The lowest BCUT2D eigenvalue weighted by Gasteiger charge is -2.07. The van der Waals surface area contributed by atoms with Crippen LogP contribution in [0.15, 0.2) is 0 Å². The first kappa shape index (κ1) is 16.7. The van der Waals surface area contributed by atoms with E-state index < -0.39 is 10.4 Å². The van der Waals surface area contributed by atoms with E-state index in [0.717, 1.165) is 33.4 Å². The highest BCUT2D eigenvalue weighted by Crippen LogP contribution is 1.74. The number of nitriles is 1. The van der Waals surface area contributed by atoms with Gasteiger partial charge in [-0.15, -0.1) is 0 Å². The Labute approximate surface area is 89.9 Å². The Hall–Kier alpha value is -0.720. The van der Waals surface area contributed by atoms with Crippen LogP contribution in [0.2, 0.25) is 0 Å². The molecule has 1 saturated heterocycles. The SMILES string of the molecule is C1COCC[NH2+]1.CC#N.COS(=O)(=O)[O-]. The van der Waals surface area contributed by atoms with Crippen molar-refractivity contribution in [3.63, 3.8) is 0 Å². The van der Waals surface area contributed by atoms with Gasteiger partial charge in [0.25, 0.3) is 0 Å². The van der Waals surface area contributed by atoms with Crippen molar-refractivity contribution in [1.29, 1.82) is 5.26 Å². The molecule has 0 aliphatic carbocycles. The van der Waals surface area contributed by atoms with Crippen LogP contribution < -0.4 is 5.32 Å². The van der Waals surface area contributed by atoms with Crippen molar-refractivity contribution in [1.82, 2.24) is 0 Å². The number of ether oxygens (including phenoxy) is 1. The number of quaternary nitrogens is 1. The Balaban J connectivity index is 0. The summed E-state index contributed by atoms with van der Waals surface area (Å²) in [6.45, 7) is 5.62. The third kappa shape index (κ3) is 24.6. The van der Waals surface area contributed by atoms with Gasteiger partial charge in [0.2, 0.25) is 10.4 Å². The molecule has 0 bridgehead atoms. The maximum absolute atomic E-state index is 9.22. The van der Waals surface area contributed by atoms with Crippen LogP contribution in [0.4, 0.5) is 0 Å². The lowest BCUT2D eigenvalue weighted by atomic mass is 10.5. The average molecular weight is 240 g/mol. The predicted molar refractivity (Wildman–Crippen MR) is 50.5 cm³/mol. The van der Waals surface area contributed by atoms with Crippen LogP contribution >= 0.6 is 0 Å². The van der Waals surface area contributed by atoms with E-state index in [1.54, 1.807) is 6.07 Å². The summed E-state index contributed by atoms with van der Waals surface area (Å²) in [7, 11) is -3.60. The summed E-state index contributed by atoms with van der Waals surface area (Å²) < 4.78 is 36.1. The molecule has 0 spiro atoms. The van der Waals surface area contributed by atoms with E-state index in [-0.39, 0.29) is 0 Å². The monoisotopic (exact) mass is 240 g/mol. The molecule has 0 atom stereocenters. The van der Waals surface area contributed by atoms with Crippen LogP contribution in [0.3, 0.4) is 0 Å². The van der Waals surface area contributed by atoms with Crippen molar-refractivity contribution in [2.24, 2.45) is 0 Å². The standard InChI is InChI=1S/C4H9NO.C2H3N.CH4O4S/c1-3-6-4-2-5-1;1-2-3;1-5-6(2,3)4/h5H,1-4H2;1H3;1H3,(H,2,3,4). The van der Waals surface area contributed by atoms with Gasteiger partial charge in [0.1, 0.15) is 0 Å². The van der Waals surface area contributed by atoms with Gasteiger partial charge in [-0.3, -0.25) is 4.18 Å². The fraction of sp³-hybridized carbons (Fsp3) is 0.857. The number of hydrogen-bond donors (Lipinski definition) is 1. The fourth-order valence-corrected chi connectivity index (χ4v) is 0.580. The van der Waals surface area contributed by atoms with Crippen LogP contribution in [-0.2, 0) is 19.3 Å². The van der Waals surface area contributed by atoms with Gasteiger partial charge in [-0.25, -0.2) is 8.42 Å². The summed E-state index contributed by atoms with van der Waals surface area (Å²) in [5.41, 5.74) is 0. The minimum absolute atomic E-state index is 0.808. The second-order valence-corrected chi connectivity index (χ2v) is 3.43. The lowest BCUT2D eigenvalue weighted by molar-refractivity contribution is -0.670. The molecule has 1 aliphatic heterocycles. The van der Waals surface area contributed by atoms with Crippen LogP contribution in [0.1, 0.15) is 6.92 Å². The molecule has 7 nitrogen and oxygen atoms in total. The second-order valence-electron chi connectivity index (χ2n) is 2.28. The molecule has 1 aliphatic rings. The summed E-state index contributed by atoms with van der Waals surface area (Å²) in [5.74, 6) is 0. The number of nitrogens with zero attached hydrogens (tertiary/aromatic N) is 1. The van der Waals surface area contributed by atoms with Crippen molar-refractivity contribution >= 4 is 10.4 Å². The average Bonchev–Trinajstić information content (AvgIpc) is 2.21. The van der Waals surface area contributed by atoms with Crippen LogP contribution in [0.25, 0.3) is 0 Å². The van der Waals surface area contributed by atoms with Gasteiger partial charge in [-0.1, -0.05) is 0 Å². The minimum atomic E-state index is -4.41. The Kier molecular flexibility index (Phi) is 12.6. The van der Waals surface area contributed by atoms with Gasteiger partial charge < -0.3 is 14.6 Å². The molecular formula is C7H16N2O5S. The van der Waals surface area contributed by atoms with Crippen molar-refractivity contribution < 1.29 is 27.2 Å². The highest BCUT2D eigenvalue weighted by molar-refractivity contribution is 7.80. The summed E-state index contributed by atoms with van der Waals surface area (Å²) in [4.78, 5) is 0. The molecule has 15 heavy (non-hydrogen) atoms. The molecular weight excluding hydrogens is 224 g/mol. The largest absolute Gasteiger partial charge is 0.726 e. The molecule has 8 heteroatoms. The maximum atomic E-state index is 9.22. The number of nitrogens with two attached hydrogens (primary N) is 1. The first-order valence-corrected chi connectivity index (χ1v) is 5.53. The molecule has 2 N–H and O–H groups in total. The summed E-state index contributed by atoms with van der Waals surface area (Å²) in [5, 5.41) is 9.59. The van der Waals surface area contributed by atoms with Crippen LogP contribution in [0.5, 0.6) is 0 Å². The smallest absolute Gasteiger partial charge is 0.217 e. The van der Waals surface area contributed by atoms with Crippen molar-refractivity contribution in [2.45, 2.75) is 6.92 Å². The highest BCUT2D eigenvalue weighted by Gasteiger charge is 1.96. The van der Waals surface area contributed by atoms with Gasteiger partial charge in [0.05, 0.1) is 39.5 Å². The van der Waals surface area contributed by atoms with Crippen molar-refractivity contribution in [3.05, 3.63) is 0 Å². The predicted octanol–water partition coefficient (Wildman–Crippen LogP) is -1.80. The molecule has 0 amide bonds. The summed E-state index contributed by atoms with van der Waals surface area (Å²) >= 11 is 0. The Morgan fingerprint density at radius 3 is 1.87 bits per heavy atom. The number of rotatable bonds is 1. The van der Waals surface area contributed by atoms with Gasteiger partial charge in [0.15, 0.2) is 0 Å². The molecule has 1 fully saturated rings. The second kappa shape index (κ2) is 11.4. The molecule has 0 unspecified atom stereocenters. The minimum Gasteiger partial charge on any atom is -0.726 e. The zero-order chi connectivity index (χ0) is 12.2. The Bertz CT molecular complexity index is 244. The molecule has 0 saturated carbocycles. The molecule has 90 valence electrons. The summed E-state index contributed by atoms with van der Waals surface area (Å²) in [6.07, 6.45) is 0. The molecule has 1 rings (SSSR count). The Morgan fingerprint density at radius 1 is 1.47 bits per heavy atom. The van der Waals surface area contributed by atoms with E-state index in [1.807, 2.05) is 0 Å². The van der Waals surface area contributed by atoms with E-state index in [0.29, 0.717) is 0 Å². The van der Waals surface area contributed by atoms with Gasteiger partial charge in [0, 0.05) is 6.92 Å². The third-order valence-electron chi connectivity index (χ3n) is 1.14. The van der Waals surface area contributed by atoms with Crippen molar-refractivity contribution in [3.8, 4) is 6.07 Å². The van der Waals surface area contributed by atoms with Gasteiger partial charge >= 0.3 is 0 Å². The maximum Gasteiger partial charge on any atom is 0.217 e. The van der Waals surface area contributed by atoms with Gasteiger partial charge in [-0.2, -0.15) is 5.26 Å². The molecule has 0 radical (unpaired) electrons. The van der Waals surface area contributed by atoms with E-state index in [2.05, 4.69) is 9.50 Å². The van der Waals surface area contributed by atoms with Crippen LogP contribution in [-0.4, -0.2) is 46.4 Å². The van der Waals surface area contributed by atoms with Gasteiger partial charge in [-0.05, 0) is 0 Å². The molecule has 0 aromatic carbocycles. The molecule has 1 heterocycles. The Morgan fingerprint density at radius 2 is 1.80 bits per heavy atom. The van der Waals surface area contributed by atoms with E-state index in [1.165, 1.54) is 6.92 Å². The van der Waals surface area contributed by atoms with Crippen LogP contribution in [0, 0.1) is 11.3 Å². The molecule has 0 aromatic rings. The third-order valence-corrected chi connectivity index (χ3v) is 1.54. The lowest BCUT2D eigenvalue weighted by Crippen LogP contribution is -2.87. The fourth-order valence-electron chi connectivity index (χ4n) is 0.580. The van der Waals surface area contributed by atoms with Crippen molar-refractivity contribution in [2.75, 3.05) is 33.4 Å². The summed E-state index contributed by atoms with van der Waals surface area (Å²) in [6, 6.07) is 1.75. The van der Waals surface area contributed by atoms with E-state index in [4.69, 9.17) is 10.00 Å². The van der Waals surface area contributed by atoms with E-state index >= 15 is 0 Å². The highest BCUT2D eigenvalue weighted by atomic mass is 32.3. The molecule has 0 aromatic heterocycles. The first-order valence-electron chi connectivity index (χ1n) is 4.19.